The van der Waals surface area contributed by atoms with Crippen molar-refractivity contribution in [2.24, 2.45) is 0 Å². The van der Waals surface area contributed by atoms with Gasteiger partial charge in [-0.25, -0.2) is 14.4 Å². The number of methoxy groups -OCH3 is 2. The fourth-order valence-electron chi connectivity index (χ4n) is 8.16. The molecule has 1 heterocycles. The molecule has 12 nitrogen and oxygen atoms in total. The van der Waals surface area contributed by atoms with Gasteiger partial charge in [-0.3, -0.25) is 0 Å². The second-order valence-corrected chi connectivity index (χ2v) is 16.5. The number of benzene rings is 6. The predicted octanol–water partition coefficient (Wildman–Crippen LogP) is 10.4. The van der Waals surface area contributed by atoms with E-state index in [9.17, 15) is 14.4 Å². The van der Waals surface area contributed by atoms with E-state index in [0.29, 0.717) is 31.1 Å². The van der Waals surface area contributed by atoms with E-state index >= 15 is 0 Å². The van der Waals surface area contributed by atoms with Crippen LogP contribution in [-0.2, 0) is 38.8 Å². The first-order valence-corrected chi connectivity index (χ1v) is 23.5. The minimum absolute atomic E-state index is 0.187. The highest BCUT2D eigenvalue weighted by molar-refractivity contribution is 5.91. The van der Waals surface area contributed by atoms with Crippen LogP contribution in [0.2, 0.25) is 0 Å². The third kappa shape index (κ3) is 13.0. The number of hydrogen-bond donors (Lipinski definition) is 0. The molecule has 6 aromatic rings. The molecule has 5 atom stereocenters. The lowest BCUT2D eigenvalue weighted by atomic mass is 9.80. The van der Waals surface area contributed by atoms with Gasteiger partial charge in [-0.2, -0.15) is 0 Å². The first-order chi connectivity index (χ1) is 33.8. The number of carbonyl (C=O) groups is 3. The molecule has 0 saturated carbocycles. The minimum Gasteiger partial charge on any atom is -0.497 e. The highest BCUT2D eigenvalue weighted by Crippen LogP contribution is 2.43. The summed E-state index contributed by atoms with van der Waals surface area (Å²) >= 11 is 0. The van der Waals surface area contributed by atoms with E-state index in [-0.39, 0.29) is 29.9 Å². The molecule has 1 fully saturated rings. The molecule has 1 saturated heterocycles. The van der Waals surface area contributed by atoms with Crippen LogP contribution in [-0.4, -0.2) is 89.3 Å². The van der Waals surface area contributed by atoms with Gasteiger partial charge >= 0.3 is 17.9 Å². The van der Waals surface area contributed by atoms with Gasteiger partial charge < -0.3 is 42.6 Å². The standard InChI is InChI=1S/C57H60O12/c1-4-5-37-63-38-19-10-20-39-64-56-52(69-55(60)43-25-15-8-16-26-43)51(68-54(59)42-23-13-7-14-24-42)50(67-53(58)41-21-11-6-12-22-41)49(66-56)40-65-57(44-27-17-9-18-28-44,45-29-33-47(61-2)34-30-45)46-31-35-48(62-3)36-32-46/h6-9,11-18,21-36,49-52,56H,4-5,10,19-20,37-40H2,1-3H3. The van der Waals surface area contributed by atoms with Crippen LogP contribution in [0.3, 0.4) is 0 Å². The fourth-order valence-corrected chi connectivity index (χ4v) is 8.16. The molecule has 1 aliphatic rings. The maximum Gasteiger partial charge on any atom is 0.338 e. The highest BCUT2D eigenvalue weighted by Gasteiger charge is 2.54. The number of unbranched alkanes of at least 4 members (excludes halogenated alkanes) is 3. The van der Waals surface area contributed by atoms with E-state index < -0.39 is 54.2 Å². The molecule has 0 amide bonds. The average molecular weight is 937 g/mol. The zero-order chi connectivity index (χ0) is 48.3. The molecule has 0 radical (unpaired) electrons. The van der Waals surface area contributed by atoms with Crippen molar-refractivity contribution in [3.8, 4) is 11.5 Å². The van der Waals surface area contributed by atoms with Crippen molar-refractivity contribution in [1.29, 1.82) is 0 Å². The van der Waals surface area contributed by atoms with Gasteiger partial charge in [-0.1, -0.05) is 123 Å². The Kier molecular flexibility index (Phi) is 18.5. The third-order valence-electron chi connectivity index (χ3n) is 11.8. The number of carbonyl (C=O) groups excluding carboxylic acids is 3. The Morgan fingerprint density at radius 2 is 0.899 bits per heavy atom. The minimum atomic E-state index is -1.48. The monoisotopic (exact) mass is 936 g/mol. The van der Waals surface area contributed by atoms with Crippen molar-refractivity contribution < 1.29 is 57.0 Å². The summed E-state index contributed by atoms with van der Waals surface area (Å²) in [6.45, 7) is 3.37. The summed E-state index contributed by atoms with van der Waals surface area (Å²) in [6.07, 6.45) is -2.61. The lowest BCUT2D eigenvalue weighted by Crippen LogP contribution is -2.63. The lowest BCUT2D eigenvalue weighted by Gasteiger charge is -2.45. The zero-order valence-corrected chi connectivity index (χ0v) is 39.3. The molecule has 12 heteroatoms. The quantitative estimate of drug-likeness (QED) is 0.0247. The molecular formula is C57H60O12. The van der Waals surface area contributed by atoms with Crippen molar-refractivity contribution in [2.45, 2.75) is 75.3 Å². The maximum absolute atomic E-state index is 14.3. The molecule has 1 aliphatic heterocycles. The van der Waals surface area contributed by atoms with Gasteiger partial charge in [0, 0.05) is 19.8 Å². The Morgan fingerprint density at radius 3 is 1.38 bits per heavy atom. The summed E-state index contributed by atoms with van der Waals surface area (Å²) in [5.74, 6) is -0.930. The van der Waals surface area contributed by atoms with Gasteiger partial charge in [-0.05, 0) is 103 Å². The smallest absolute Gasteiger partial charge is 0.338 e. The second kappa shape index (κ2) is 25.5. The Morgan fingerprint density at radius 1 is 0.478 bits per heavy atom. The van der Waals surface area contributed by atoms with Crippen LogP contribution in [0, 0.1) is 0 Å². The molecule has 0 aromatic heterocycles. The van der Waals surface area contributed by atoms with Gasteiger partial charge in [0.25, 0.3) is 0 Å². The van der Waals surface area contributed by atoms with E-state index in [1.54, 1.807) is 105 Å². The lowest BCUT2D eigenvalue weighted by molar-refractivity contribution is -0.303. The average Bonchev–Trinajstić information content (AvgIpc) is 3.41. The summed E-state index contributed by atoms with van der Waals surface area (Å²) in [5.41, 5.74) is 1.60. The van der Waals surface area contributed by atoms with Crippen molar-refractivity contribution in [2.75, 3.05) is 40.6 Å². The Balaban J connectivity index is 1.33. The SMILES string of the molecule is CCCCOCCCCCOC1OC(COC(c2ccccc2)(c2ccc(OC)cc2)c2ccc(OC)cc2)C(OC(=O)c2ccccc2)C(OC(=O)c2ccccc2)C1OC(=O)c1ccccc1. The number of ether oxygens (including phenoxy) is 9. The van der Waals surface area contributed by atoms with Crippen LogP contribution >= 0.6 is 0 Å². The number of esters is 3. The van der Waals surface area contributed by atoms with Gasteiger partial charge in [0.2, 0.25) is 0 Å². The number of rotatable bonds is 24. The number of hydrogen-bond acceptors (Lipinski definition) is 12. The molecule has 0 bridgehead atoms. The Labute approximate surface area is 404 Å². The highest BCUT2D eigenvalue weighted by atomic mass is 16.7. The molecule has 0 aliphatic carbocycles. The summed E-state index contributed by atoms with van der Waals surface area (Å²) in [7, 11) is 3.20. The summed E-state index contributed by atoms with van der Waals surface area (Å²) < 4.78 is 56.8. The first kappa shape index (κ1) is 50.1. The fraction of sp³-hybridized carbons (Fsp3) is 0.316. The van der Waals surface area contributed by atoms with Gasteiger partial charge in [0.15, 0.2) is 24.6 Å². The van der Waals surface area contributed by atoms with Crippen molar-refractivity contribution in [1.82, 2.24) is 0 Å². The second-order valence-electron chi connectivity index (χ2n) is 16.5. The van der Waals surface area contributed by atoms with Gasteiger partial charge in [-0.15, -0.1) is 0 Å². The van der Waals surface area contributed by atoms with Crippen molar-refractivity contribution >= 4 is 17.9 Å². The van der Waals surface area contributed by atoms with Crippen molar-refractivity contribution in [3.05, 3.63) is 203 Å². The topological polar surface area (TPSA) is 134 Å². The van der Waals surface area contributed by atoms with E-state index in [1.807, 2.05) is 78.9 Å². The van der Waals surface area contributed by atoms with E-state index in [1.165, 1.54) is 0 Å². The Bertz CT molecular complexity index is 2420. The van der Waals surface area contributed by atoms with Crippen molar-refractivity contribution in [3.63, 3.8) is 0 Å². The van der Waals surface area contributed by atoms with Crippen LogP contribution in [0.5, 0.6) is 11.5 Å². The molecule has 0 N–H and O–H groups in total. The molecule has 0 spiro atoms. The van der Waals surface area contributed by atoms with Crippen LogP contribution in [0.1, 0.15) is 86.8 Å². The van der Waals surface area contributed by atoms with E-state index in [4.69, 9.17) is 42.6 Å². The molecule has 7 rings (SSSR count). The Hall–Kier alpha value is -6.83. The van der Waals surface area contributed by atoms with Crippen LogP contribution in [0.25, 0.3) is 0 Å². The summed E-state index contributed by atoms with van der Waals surface area (Å²) in [5, 5.41) is 0. The predicted molar refractivity (Wildman–Crippen MR) is 259 cm³/mol. The van der Waals surface area contributed by atoms with E-state index in [0.717, 1.165) is 42.4 Å². The largest absolute Gasteiger partial charge is 0.497 e. The van der Waals surface area contributed by atoms with Crippen LogP contribution < -0.4 is 9.47 Å². The first-order valence-electron chi connectivity index (χ1n) is 23.5. The summed E-state index contributed by atoms with van der Waals surface area (Å²) in [4.78, 5) is 42.7. The molecule has 69 heavy (non-hydrogen) atoms. The maximum atomic E-state index is 14.3. The van der Waals surface area contributed by atoms with Crippen LogP contribution in [0.4, 0.5) is 0 Å². The van der Waals surface area contributed by atoms with Crippen LogP contribution in [0.15, 0.2) is 170 Å². The zero-order valence-electron chi connectivity index (χ0n) is 39.3. The third-order valence-corrected chi connectivity index (χ3v) is 11.8. The van der Waals surface area contributed by atoms with Gasteiger partial charge in [0.05, 0.1) is 37.5 Å². The van der Waals surface area contributed by atoms with E-state index in [2.05, 4.69) is 6.92 Å². The normalized spacial score (nSPS) is 17.9. The van der Waals surface area contributed by atoms with Gasteiger partial charge in [0.1, 0.15) is 23.2 Å². The molecule has 5 unspecified atom stereocenters. The molecule has 6 aromatic carbocycles. The molecule has 360 valence electrons. The molecular weight excluding hydrogens is 877 g/mol. The summed E-state index contributed by atoms with van der Waals surface area (Å²) in [6, 6.07) is 50.1.